The van der Waals surface area contributed by atoms with E-state index in [1.54, 1.807) is 13.0 Å². The average Bonchev–Trinajstić information content (AvgIpc) is 2.91. The third-order valence-electron chi connectivity index (χ3n) is 3.82. The van der Waals surface area contributed by atoms with Crippen molar-refractivity contribution in [2.75, 3.05) is 5.32 Å². The zero-order valence-electron chi connectivity index (χ0n) is 13.3. The number of nitrogens with zero attached hydrogens (tertiary/aromatic N) is 2. The number of carbonyl (C=O) groups is 1. The Kier molecular flexibility index (Phi) is 3.73. The van der Waals surface area contributed by atoms with Gasteiger partial charge in [-0.25, -0.2) is 4.98 Å². The predicted molar refractivity (Wildman–Crippen MR) is 89.6 cm³/mol. The van der Waals surface area contributed by atoms with Crippen LogP contribution in [0.25, 0.3) is 11.0 Å². The Morgan fingerprint density at radius 3 is 2.65 bits per heavy atom. The molecule has 118 valence electrons. The van der Waals surface area contributed by atoms with Gasteiger partial charge in [0.2, 0.25) is 5.91 Å². The van der Waals surface area contributed by atoms with E-state index in [0.29, 0.717) is 16.7 Å². The molecule has 0 saturated heterocycles. The molecular formula is C17H18N4O2. The summed E-state index contributed by atoms with van der Waals surface area (Å²) in [5.41, 5.74) is 2.98. The Balaban J connectivity index is 1.88. The summed E-state index contributed by atoms with van der Waals surface area (Å²) in [5, 5.41) is 3.30. The molecule has 3 rings (SSSR count). The number of nitrogens with one attached hydrogen (secondary N) is 2. The third-order valence-corrected chi connectivity index (χ3v) is 3.82. The van der Waals surface area contributed by atoms with Gasteiger partial charge in [-0.3, -0.25) is 14.2 Å². The van der Waals surface area contributed by atoms with Gasteiger partial charge in [0.15, 0.2) is 0 Å². The van der Waals surface area contributed by atoms with Crippen LogP contribution < -0.4 is 10.9 Å². The Hall–Kier alpha value is -2.89. The van der Waals surface area contributed by atoms with Crippen molar-refractivity contribution in [3.8, 4) is 0 Å². The summed E-state index contributed by atoms with van der Waals surface area (Å²) in [6.45, 7) is 5.52. The molecule has 6 heteroatoms. The molecule has 0 fully saturated rings. The lowest BCUT2D eigenvalue weighted by molar-refractivity contribution is -0.118. The van der Waals surface area contributed by atoms with Crippen LogP contribution in [0.5, 0.6) is 0 Å². The van der Waals surface area contributed by atoms with Crippen LogP contribution in [0.15, 0.2) is 41.5 Å². The van der Waals surface area contributed by atoms with Crippen molar-refractivity contribution in [2.24, 2.45) is 0 Å². The first kappa shape index (κ1) is 15.0. The highest BCUT2D eigenvalue weighted by Crippen LogP contribution is 2.13. The number of H-pyrrole nitrogens is 1. The van der Waals surface area contributed by atoms with Crippen molar-refractivity contribution in [1.29, 1.82) is 0 Å². The minimum absolute atomic E-state index is 0.231. The summed E-state index contributed by atoms with van der Waals surface area (Å²) in [6, 6.07) is 8.59. The quantitative estimate of drug-likeness (QED) is 0.780. The van der Waals surface area contributed by atoms with Crippen LogP contribution in [0.4, 0.5) is 5.69 Å². The maximum atomic E-state index is 12.5. The maximum absolute atomic E-state index is 12.5. The molecule has 2 N–H and O–H groups in total. The van der Waals surface area contributed by atoms with Gasteiger partial charge in [0, 0.05) is 11.4 Å². The van der Waals surface area contributed by atoms with Crippen LogP contribution in [0.2, 0.25) is 0 Å². The molecule has 0 aliphatic rings. The molecule has 0 radical (unpaired) electrons. The van der Waals surface area contributed by atoms with Crippen LogP contribution in [-0.4, -0.2) is 20.4 Å². The number of hydrogen-bond acceptors (Lipinski definition) is 3. The Morgan fingerprint density at radius 1 is 1.26 bits per heavy atom. The van der Waals surface area contributed by atoms with Gasteiger partial charge in [0.25, 0.3) is 5.56 Å². The SMILES string of the molecule is Cc1ccc(NC(=O)C(C)n2cnc3[nH]c(C)cc3c2=O)cc1. The number of hydrogen-bond donors (Lipinski definition) is 2. The summed E-state index contributed by atoms with van der Waals surface area (Å²) >= 11 is 0. The zero-order valence-corrected chi connectivity index (χ0v) is 13.3. The Labute approximate surface area is 133 Å². The molecule has 0 saturated carbocycles. The molecular weight excluding hydrogens is 292 g/mol. The smallest absolute Gasteiger partial charge is 0.263 e. The minimum Gasteiger partial charge on any atom is -0.343 e. The van der Waals surface area contributed by atoms with Crippen molar-refractivity contribution in [1.82, 2.24) is 14.5 Å². The molecule has 2 aromatic heterocycles. The number of anilines is 1. The number of carbonyl (C=O) groups excluding carboxylic acids is 1. The fourth-order valence-electron chi connectivity index (χ4n) is 2.44. The molecule has 0 aliphatic heterocycles. The highest BCUT2D eigenvalue weighted by Gasteiger charge is 2.18. The predicted octanol–water partition coefficient (Wildman–Crippen LogP) is 2.54. The summed E-state index contributed by atoms with van der Waals surface area (Å²) in [4.78, 5) is 32.1. The van der Waals surface area contributed by atoms with Crippen molar-refractivity contribution in [3.63, 3.8) is 0 Å². The monoisotopic (exact) mass is 310 g/mol. The van der Waals surface area contributed by atoms with E-state index in [9.17, 15) is 9.59 Å². The van der Waals surface area contributed by atoms with Gasteiger partial charge < -0.3 is 10.3 Å². The van der Waals surface area contributed by atoms with Crippen molar-refractivity contribution >= 4 is 22.6 Å². The molecule has 2 heterocycles. The van der Waals surface area contributed by atoms with Gasteiger partial charge in [-0.2, -0.15) is 0 Å². The van der Waals surface area contributed by atoms with Gasteiger partial charge in [-0.15, -0.1) is 0 Å². The topological polar surface area (TPSA) is 79.8 Å². The van der Waals surface area contributed by atoms with Gasteiger partial charge in [0.1, 0.15) is 18.0 Å². The lowest BCUT2D eigenvalue weighted by Gasteiger charge is -2.14. The van der Waals surface area contributed by atoms with Crippen LogP contribution in [0.1, 0.15) is 24.2 Å². The average molecular weight is 310 g/mol. The maximum Gasteiger partial charge on any atom is 0.263 e. The Bertz CT molecular complexity index is 922. The van der Waals surface area contributed by atoms with Gasteiger partial charge in [-0.05, 0) is 39.0 Å². The van der Waals surface area contributed by atoms with E-state index in [1.165, 1.54) is 10.9 Å². The second kappa shape index (κ2) is 5.72. The second-order valence-corrected chi connectivity index (χ2v) is 5.70. The highest BCUT2D eigenvalue weighted by atomic mass is 16.2. The lowest BCUT2D eigenvalue weighted by Crippen LogP contribution is -2.31. The van der Waals surface area contributed by atoms with Gasteiger partial charge in [0.05, 0.1) is 5.39 Å². The fraction of sp³-hybridized carbons (Fsp3) is 0.235. The molecule has 1 atom stereocenters. The first-order chi connectivity index (χ1) is 11.0. The summed E-state index contributed by atoms with van der Waals surface area (Å²) in [6.07, 6.45) is 1.40. The second-order valence-electron chi connectivity index (χ2n) is 5.70. The normalized spacial score (nSPS) is 12.3. The molecule has 0 bridgehead atoms. The van der Waals surface area contributed by atoms with Crippen LogP contribution in [0.3, 0.4) is 0 Å². The van der Waals surface area contributed by atoms with E-state index >= 15 is 0 Å². The number of aromatic nitrogens is 3. The van der Waals surface area contributed by atoms with E-state index in [-0.39, 0.29) is 11.5 Å². The fourth-order valence-corrected chi connectivity index (χ4v) is 2.44. The summed E-state index contributed by atoms with van der Waals surface area (Å²) < 4.78 is 1.35. The summed E-state index contributed by atoms with van der Waals surface area (Å²) in [7, 11) is 0. The van der Waals surface area contributed by atoms with E-state index in [4.69, 9.17) is 0 Å². The molecule has 1 amide bonds. The zero-order chi connectivity index (χ0) is 16.6. The van der Waals surface area contributed by atoms with E-state index < -0.39 is 6.04 Å². The van der Waals surface area contributed by atoms with Crippen molar-refractivity contribution in [2.45, 2.75) is 26.8 Å². The van der Waals surface area contributed by atoms with Crippen LogP contribution in [0, 0.1) is 13.8 Å². The van der Waals surface area contributed by atoms with Crippen molar-refractivity contribution < 1.29 is 4.79 Å². The minimum atomic E-state index is -0.657. The number of amides is 1. The third kappa shape index (κ3) is 2.88. The molecule has 1 aromatic carbocycles. The van der Waals surface area contributed by atoms with E-state index in [1.807, 2.05) is 38.1 Å². The highest BCUT2D eigenvalue weighted by molar-refractivity contribution is 5.93. The molecule has 0 spiro atoms. The first-order valence-corrected chi connectivity index (χ1v) is 7.39. The number of aryl methyl sites for hydroxylation is 2. The van der Waals surface area contributed by atoms with Crippen LogP contribution in [-0.2, 0) is 4.79 Å². The number of benzene rings is 1. The summed E-state index contributed by atoms with van der Waals surface area (Å²) in [5.74, 6) is -0.260. The van der Waals surface area contributed by atoms with Gasteiger partial charge in [-0.1, -0.05) is 17.7 Å². The standard InChI is InChI=1S/C17H18N4O2/c1-10-4-6-13(7-5-10)20-16(22)12(3)21-9-18-15-14(17(21)23)8-11(2)19-15/h4-9,12,19H,1-3H3,(H,20,22). The Morgan fingerprint density at radius 2 is 1.96 bits per heavy atom. The van der Waals surface area contributed by atoms with E-state index in [0.717, 1.165) is 11.3 Å². The molecule has 3 aromatic rings. The molecule has 23 heavy (non-hydrogen) atoms. The molecule has 0 aliphatic carbocycles. The number of fused-ring (bicyclic) bond motifs is 1. The first-order valence-electron chi connectivity index (χ1n) is 7.39. The lowest BCUT2D eigenvalue weighted by atomic mass is 10.2. The largest absolute Gasteiger partial charge is 0.343 e. The van der Waals surface area contributed by atoms with E-state index in [2.05, 4.69) is 15.3 Å². The van der Waals surface area contributed by atoms with Crippen LogP contribution >= 0.6 is 0 Å². The van der Waals surface area contributed by atoms with Gasteiger partial charge >= 0.3 is 0 Å². The molecule has 1 unspecified atom stereocenters. The van der Waals surface area contributed by atoms with Crippen molar-refractivity contribution in [3.05, 3.63) is 58.3 Å². The molecule has 6 nitrogen and oxygen atoms in total. The number of rotatable bonds is 3. The number of aromatic amines is 1.